The van der Waals surface area contributed by atoms with E-state index >= 15 is 0 Å². The van der Waals surface area contributed by atoms with E-state index in [1.807, 2.05) is 6.07 Å². The summed E-state index contributed by atoms with van der Waals surface area (Å²) in [7, 11) is 1.69. The van der Waals surface area contributed by atoms with E-state index in [9.17, 15) is 0 Å². The van der Waals surface area contributed by atoms with Gasteiger partial charge in [0.2, 0.25) is 0 Å². The van der Waals surface area contributed by atoms with Crippen molar-refractivity contribution in [1.29, 1.82) is 0 Å². The Morgan fingerprint density at radius 3 is 2.73 bits per heavy atom. The van der Waals surface area contributed by atoms with E-state index in [0.717, 1.165) is 17.7 Å². The van der Waals surface area contributed by atoms with Crippen molar-refractivity contribution in [3.05, 3.63) is 35.4 Å². The van der Waals surface area contributed by atoms with Gasteiger partial charge in [0.1, 0.15) is 5.75 Å². The van der Waals surface area contributed by atoms with Gasteiger partial charge in [-0.3, -0.25) is 0 Å². The summed E-state index contributed by atoms with van der Waals surface area (Å²) in [5, 5.41) is 0. The molecule has 0 bridgehead atoms. The Kier molecular flexibility index (Phi) is 4.70. The van der Waals surface area contributed by atoms with E-state index < -0.39 is 0 Å². The number of hydrogen-bond acceptors (Lipinski definition) is 1. The lowest BCUT2D eigenvalue weighted by atomic mass is 10.0. The first kappa shape index (κ1) is 12.1. The summed E-state index contributed by atoms with van der Waals surface area (Å²) in [6, 6.07) is 6.22. The summed E-state index contributed by atoms with van der Waals surface area (Å²) in [6.45, 7) is 4.16. The molecule has 0 spiro atoms. The Labute approximate surface area is 96.7 Å². The minimum absolute atomic E-state index is 0.673. The average Bonchev–Trinajstić information content (AvgIpc) is 2.25. The predicted octanol–water partition coefficient (Wildman–Crippen LogP) is 4.04. The first-order valence-corrected chi connectivity index (χ1v) is 5.60. The van der Waals surface area contributed by atoms with Gasteiger partial charge in [0.15, 0.2) is 0 Å². The molecule has 1 aromatic carbocycles. The first-order valence-electron chi connectivity index (χ1n) is 5.06. The number of alkyl halides is 1. The summed E-state index contributed by atoms with van der Waals surface area (Å²) in [6.07, 6.45) is 3.08. The van der Waals surface area contributed by atoms with E-state index in [0.29, 0.717) is 5.88 Å². The fraction of sp³-hybridized carbons (Fsp3) is 0.385. The molecule has 0 saturated carbocycles. The molecule has 1 nitrogen and oxygen atoms in total. The molecule has 1 rings (SSSR count). The van der Waals surface area contributed by atoms with E-state index in [1.54, 1.807) is 7.11 Å². The topological polar surface area (TPSA) is 9.23 Å². The molecule has 0 radical (unpaired) electrons. The maximum Gasteiger partial charge on any atom is 0.121 e. The van der Waals surface area contributed by atoms with E-state index in [-0.39, 0.29) is 0 Å². The van der Waals surface area contributed by atoms with Gasteiger partial charge in [0.05, 0.1) is 7.11 Å². The Hall–Kier alpha value is -0.950. The normalized spacial score (nSPS) is 11.6. The number of halogens is 1. The van der Waals surface area contributed by atoms with Crippen molar-refractivity contribution >= 4 is 17.2 Å². The summed E-state index contributed by atoms with van der Waals surface area (Å²) >= 11 is 5.65. The smallest absolute Gasteiger partial charge is 0.121 e. The number of benzene rings is 1. The van der Waals surface area contributed by atoms with Crippen molar-refractivity contribution in [2.75, 3.05) is 13.0 Å². The Morgan fingerprint density at radius 1 is 1.47 bits per heavy atom. The van der Waals surface area contributed by atoms with Crippen LogP contribution in [-0.4, -0.2) is 13.0 Å². The molecule has 0 fully saturated rings. The highest BCUT2D eigenvalue weighted by atomic mass is 35.5. The summed E-state index contributed by atoms with van der Waals surface area (Å²) in [5.41, 5.74) is 3.66. The van der Waals surface area contributed by atoms with Crippen molar-refractivity contribution < 1.29 is 4.74 Å². The van der Waals surface area contributed by atoms with Gasteiger partial charge in [-0.1, -0.05) is 12.1 Å². The Bertz CT molecular complexity index is 356. The minimum atomic E-state index is 0.673. The monoisotopic (exact) mass is 224 g/mol. The van der Waals surface area contributed by atoms with Gasteiger partial charge in [-0.2, -0.15) is 0 Å². The quantitative estimate of drug-likeness (QED) is 0.702. The largest absolute Gasteiger partial charge is 0.496 e. The fourth-order valence-electron chi connectivity index (χ4n) is 1.51. The number of aryl methyl sites for hydroxylation is 1. The molecule has 0 aromatic heterocycles. The molecular weight excluding hydrogens is 208 g/mol. The molecule has 0 atom stereocenters. The second-order valence-electron chi connectivity index (χ2n) is 3.55. The van der Waals surface area contributed by atoms with E-state index in [1.165, 1.54) is 11.1 Å². The molecule has 15 heavy (non-hydrogen) atoms. The molecular formula is C13H17ClO. The Balaban J connectivity index is 2.92. The second kappa shape index (κ2) is 5.82. The molecule has 2 heteroatoms. The molecule has 0 aliphatic carbocycles. The van der Waals surface area contributed by atoms with Crippen molar-refractivity contribution in [2.24, 2.45) is 0 Å². The van der Waals surface area contributed by atoms with Gasteiger partial charge < -0.3 is 4.74 Å². The van der Waals surface area contributed by atoms with Crippen LogP contribution in [-0.2, 0) is 0 Å². The standard InChI is InChI=1S/C13H17ClO/c1-10(5-4-8-14)12-6-7-13(15-3)11(2)9-12/h5-7,9H,4,8H2,1-3H3/b10-5+. The van der Waals surface area contributed by atoms with Crippen LogP contribution in [0.5, 0.6) is 5.75 Å². The van der Waals surface area contributed by atoms with Gasteiger partial charge in [0.25, 0.3) is 0 Å². The third-order valence-corrected chi connectivity index (χ3v) is 2.63. The SMILES string of the molecule is COc1ccc(/C(C)=C/CCCl)cc1C. The molecule has 0 aliphatic heterocycles. The summed E-state index contributed by atoms with van der Waals surface area (Å²) in [4.78, 5) is 0. The maximum atomic E-state index is 5.65. The molecule has 82 valence electrons. The number of allylic oxidation sites excluding steroid dienone is 2. The average molecular weight is 225 g/mol. The zero-order valence-corrected chi connectivity index (χ0v) is 10.3. The van der Waals surface area contributed by atoms with Crippen LogP contribution in [0.2, 0.25) is 0 Å². The number of hydrogen-bond donors (Lipinski definition) is 0. The van der Waals surface area contributed by atoms with Crippen LogP contribution >= 0.6 is 11.6 Å². The van der Waals surface area contributed by atoms with Gasteiger partial charge in [-0.25, -0.2) is 0 Å². The lowest BCUT2D eigenvalue weighted by molar-refractivity contribution is 0.411. The van der Waals surface area contributed by atoms with Crippen LogP contribution in [0, 0.1) is 6.92 Å². The molecule has 0 N–H and O–H groups in total. The van der Waals surface area contributed by atoms with Gasteiger partial charge in [-0.05, 0) is 49.1 Å². The number of rotatable bonds is 4. The molecule has 0 aliphatic rings. The number of ether oxygens (including phenoxy) is 1. The second-order valence-corrected chi connectivity index (χ2v) is 3.93. The zero-order chi connectivity index (χ0) is 11.3. The molecule has 0 unspecified atom stereocenters. The highest BCUT2D eigenvalue weighted by molar-refractivity contribution is 6.17. The van der Waals surface area contributed by atoms with Crippen molar-refractivity contribution in [2.45, 2.75) is 20.3 Å². The first-order chi connectivity index (χ1) is 7.19. The van der Waals surface area contributed by atoms with Crippen LogP contribution < -0.4 is 4.74 Å². The third-order valence-electron chi connectivity index (χ3n) is 2.41. The van der Waals surface area contributed by atoms with Crippen LogP contribution in [0.1, 0.15) is 24.5 Å². The van der Waals surface area contributed by atoms with Crippen molar-refractivity contribution in [3.63, 3.8) is 0 Å². The highest BCUT2D eigenvalue weighted by Gasteiger charge is 2.00. The summed E-state index contributed by atoms with van der Waals surface area (Å²) in [5.74, 6) is 1.61. The molecule has 1 aromatic rings. The van der Waals surface area contributed by atoms with Crippen molar-refractivity contribution in [1.82, 2.24) is 0 Å². The van der Waals surface area contributed by atoms with Crippen LogP contribution in [0.25, 0.3) is 5.57 Å². The zero-order valence-electron chi connectivity index (χ0n) is 9.51. The van der Waals surface area contributed by atoms with Gasteiger partial charge >= 0.3 is 0 Å². The lowest BCUT2D eigenvalue weighted by Gasteiger charge is -2.07. The maximum absolute atomic E-state index is 5.65. The van der Waals surface area contributed by atoms with Crippen LogP contribution in [0.15, 0.2) is 24.3 Å². The van der Waals surface area contributed by atoms with E-state index in [4.69, 9.17) is 16.3 Å². The van der Waals surface area contributed by atoms with Crippen LogP contribution in [0.4, 0.5) is 0 Å². The van der Waals surface area contributed by atoms with Crippen LogP contribution in [0.3, 0.4) is 0 Å². The minimum Gasteiger partial charge on any atom is -0.496 e. The molecule has 0 heterocycles. The molecule has 0 amide bonds. The van der Waals surface area contributed by atoms with Crippen molar-refractivity contribution in [3.8, 4) is 5.75 Å². The van der Waals surface area contributed by atoms with E-state index in [2.05, 4.69) is 32.1 Å². The molecule has 0 saturated heterocycles. The van der Waals surface area contributed by atoms with Gasteiger partial charge in [0, 0.05) is 5.88 Å². The lowest BCUT2D eigenvalue weighted by Crippen LogP contribution is -1.89. The fourth-order valence-corrected chi connectivity index (χ4v) is 1.62. The highest BCUT2D eigenvalue weighted by Crippen LogP contribution is 2.23. The summed E-state index contributed by atoms with van der Waals surface area (Å²) < 4.78 is 5.22. The number of methoxy groups -OCH3 is 1. The predicted molar refractivity (Wildman–Crippen MR) is 66.7 cm³/mol. The van der Waals surface area contributed by atoms with Gasteiger partial charge in [-0.15, -0.1) is 11.6 Å². The third kappa shape index (κ3) is 3.28. The Morgan fingerprint density at radius 2 is 2.20 bits per heavy atom.